The molecular weight excluding hydrogens is 372 g/mol. The summed E-state index contributed by atoms with van der Waals surface area (Å²) in [6.45, 7) is 0.419. The fourth-order valence-corrected chi connectivity index (χ4v) is 3.67. The van der Waals surface area contributed by atoms with Gasteiger partial charge >= 0.3 is 6.18 Å². The summed E-state index contributed by atoms with van der Waals surface area (Å²) in [6, 6.07) is 9.05. The van der Waals surface area contributed by atoms with E-state index in [0.29, 0.717) is 18.7 Å². The maximum absolute atomic E-state index is 13.4. The fourth-order valence-electron chi connectivity index (χ4n) is 2.38. The van der Waals surface area contributed by atoms with Crippen molar-refractivity contribution in [1.82, 2.24) is 9.78 Å². The van der Waals surface area contributed by atoms with Crippen molar-refractivity contribution in [2.75, 3.05) is 0 Å². The molecule has 136 valence electrons. The van der Waals surface area contributed by atoms with Gasteiger partial charge in [-0.25, -0.2) is 12.8 Å². The molecule has 1 heterocycles. The monoisotopic (exact) mass is 384 g/mol. The molecule has 0 aliphatic rings. The summed E-state index contributed by atoms with van der Waals surface area (Å²) in [5, 5.41) is 4.03. The van der Waals surface area contributed by atoms with Crippen LogP contribution in [0.15, 0.2) is 70.7 Å². The first kappa shape index (κ1) is 18.1. The molecule has 0 saturated heterocycles. The largest absolute Gasteiger partial charge is 0.419 e. The molecule has 0 saturated carbocycles. The van der Waals surface area contributed by atoms with Crippen LogP contribution in [0, 0.1) is 5.82 Å². The van der Waals surface area contributed by atoms with Gasteiger partial charge in [-0.15, -0.1) is 0 Å². The summed E-state index contributed by atoms with van der Waals surface area (Å²) in [4.78, 5) is -0.799. The molecule has 0 bridgehead atoms. The van der Waals surface area contributed by atoms with E-state index < -0.39 is 32.3 Å². The van der Waals surface area contributed by atoms with E-state index in [0.717, 1.165) is 11.6 Å². The van der Waals surface area contributed by atoms with Crippen molar-refractivity contribution in [2.45, 2.75) is 22.5 Å². The number of aromatic nitrogens is 2. The zero-order valence-electron chi connectivity index (χ0n) is 13.1. The summed E-state index contributed by atoms with van der Waals surface area (Å²) in [5.74, 6) is -1.52. The number of benzene rings is 2. The molecular formula is C17H12F4N2O2S. The fraction of sp³-hybridized carbons (Fsp3) is 0.118. The molecule has 0 radical (unpaired) electrons. The molecule has 0 fully saturated rings. The Morgan fingerprint density at radius 2 is 1.65 bits per heavy atom. The molecule has 4 nitrogen and oxygen atoms in total. The lowest BCUT2D eigenvalue weighted by Crippen LogP contribution is -2.11. The Bertz CT molecular complexity index is 1010. The molecule has 0 amide bonds. The number of sulfone groups is 1. The lowest BCUT2D eigenvalue weighted by Gasteiger charge is -2.11. The van der Waals surface area contributed by atoms with Crippen LogP contribution in [0.3, 0.4) is 0 Å². The minimum atomic E-state index is -4.98. The lowest BCUT2D eigenvalue weighted by molar-refractivity contribution is -0.140. The van der Waals surface area contributed by atoms with Crippen LogP contribution in [0.5, 0.6) is 0 Å². The van der Waals surface area contributed by atoms with Gasteiger partial charge in [-0.05, 0) is 42.0 Å². The van der Waals surface area contributed by atoms with Crippen molar-refractivity contribution < 1.29 is 26.0 Å². The van der Waals surface area contributed by atoms with Crippen molar-refractivity contribution in [3.05, 3.63) is 77.9 Å². The number of hydrogen-bond acceptors (Lipinski definition) is 3. The maximum atomic E-state index is 13.4. The average molecular weight is 384 g/mol. The lowest BCUT2D eigenvalue weighted by atomic mass is 10.2. The predicted molar refractivity (Wildman–Crippen MR) is 84.6 cm³/mol. The van der Waals surface area contributed by atoms with Crippen LogP contribution in [-0.2, 0) is 22.6 Å². The maximum Gasteiger partial charge on any atom is 0.419 e. The Hall–Kier alpha value is -2.68. The third-order valence-corrected chi connectivity index (χ3v) is 5.46. The van der Waals surface area contributed by atoms with Gasteiger partial charge in [0.05, 0.1) is 21.9 Å². The number of nitrogens with zero attached hydrogens (tertiary/aromatic N) is 2. The van der Waals surface area contributed by atoms with E-state index in [1.807, 2.05) is 0 Å². The highest BCUT2D eigenvalue weighted by molar-refractivity contribution is 7.91. The van der Waals surface area contributed by atoms with Gasteiger partial charge in [-0.1, -0.05) is 12.1 Å². The molecule has 3 aromatic rings. The van der Waals surface area contributed by atoms with Gasteiger partial charge in [-0.3, -0.25) is 4.68 Å². The second-order valence-electron chi connectivity index (χ2n) is 5.49. The normalized spacial score (nSPS) is 12.3. The van der Waals surface area contributed by atoms with Crippen LogP contribution < -0.4 is 0 Å². The van der Waals surface area contributed by atoms with E-state index >= 15 is 0 Å². The minimum Gasteiger partial charge on any atom is -0.268 e. The molecule has 26 heavy (non-hydrogen) atoms. The van der Waals surface area contributed by atoms with E-state index in [1.54, 1.807) is 35.3 Å². The molecule has 0 atom stereocenters. The van der Waals surface area contributed by atoms with Crippen molar-refractivity contribution in [3.63, 3.8) is 0 Å². The first-order chi connectivity index (χ1) is 12.2. The molecule has 0 aliphatic carbocycles. The van der Waals surface area contributed by atoms with E-state index in [4.69, 9.17) is 0 Å². The van der Waals surface area contributed by atoms with Crippen LogP contribution in [0.1, 0.15) is 11.1 Å². The molecule has 0 spiro atoms. The molecule has 9 heteroatoms. The van der Waals surface area contributed by atoms with Gasteiger partial charge in [0.25, 0.3) is 0 Å². The predicted octanol–water partition coefficient (Wildman–Crippen LogP) is 3.92. The first-order valence-electron chi connectivity index (χ1n) is 7.36. The second kappa shape index (κ2) is 6.56. The topological polar surface area (TPSA) is 52.0 Å². The van der Waals surface area contributed by atoms with Gasteiger partial charge in [0.2, 0.25) is 9.84 Å². The summed E-state index contributed by atoms with van der Waals surface area (Å²) in [5.41, 5.74) is -0.850. The van der Waals surface area contributed by atoms with Crippen LogP contribution >= 0.6 is 0 Å². The van der Waals surface area contributed by atoms with Gasteiger partial charge < -0.3 is 0 Å². The zero-order chi connectivity index (χ0) is 18.9. The van der Waals surface area contributed by atoms with Crippen molar-refractivity contribution in [3.8, 4) is 0 Å². The second-order valence-corrected chi connectivity index (χ2v) is 7.44. The standard InChI is InChI=1S/C17H12F4N2O2S/c18-16-7-6-14(10-15(16)17(19,20)21)26(24,25)13-4-2-12(3-5-13)11-23-9-1-8-22-23/h1-10H,11H2. The highest BCUT2D eigenvalue weighted by atomic mass is 32.2. The smallest absolute Gasteiger partial charge is 0.268 e. The highest BCUT2D eigenvalue weighted by Crippen LogP contribution is 2.34. The highest BCUT2D eigenvalue weighted by Gasteiger charge is 2.35. The third-order valence-electron chi connectivity index (χ3n) is 3.69. The zero-order valence-corrected chi connectivity index (χ0v) is 13.9. The van der Waals surface area contributed by atoms with Crippen LogP contribution in [0.4, 0.5) is 17.6 Å². The molecule has 2 aromatic carbocycles. The van der Waals surface area contributed by atoms with Crippen molar-refractivity contribution >= 4 is 9.84 Å². The van der Waals surface area contributed by atoms with Crippen molar-refractivity contribution in [2.24, 2.45) is 0 Å². The van der Waals surface area contributed by atoms with Crippen LogP contribution in [0.25, 0.3) is 0 Å². The summed E-state index contributed by atoms with van der Waals surface area (Å²) >= 11 is 0. The van der Waals surface area contributed by atoms with E-state index in [9.17, 15) is 26.0 Å². The van der Waals surface area contributed by atoms with Crippen LogP contribution in [0.2, 0.25) is 0 Å². The first-order valence-corrected chi connectivity index (χ1v) is 8.84. The van der Waals surface area contributed by atoms with Gasteiger partial charge in [-0.2, -0.15) is 18.3 Å². The van der Waals surface area contributed by atoms with E-state index in [-0.39, 0.29) is 4.90 Å². The Balaban J connectivity index is 1.93. The minimum absolute atomic E-state index is 0.179. The van der Waals surface area contributed by atoms with Gasteiger partial charge in [0.15, 0.2) is 0 Å². The summed E-state index contributed by atoms with van der Waals surface area (Å²) < 4.78 is 78.5. The average Bonchev–Trinajstić information content (AvgIpc) is 3.07. The number of hydrogen-bond donors (Lipinski definition) is 0. The molecule has 0 aliphatic heterocycles. The Morgan fingerprint density at radius 1 is 1.00 bits per heavy atom. The summed E-state index contributed by atoms with van der Waals surface area (Å²) in [7, 11) is -4.21. The van der Waals surface area contributed by atoms with Gasteiger partial charge in [0, 0.05) is 12.4 Å². The number of halogens is 4. The summed E-state index contributed by atoms with van der Waals surface area (Å²) in [6.07, 6.45) is -1.64. The van der Waals surface area contributed by atoms with Crippen molar-refractivity contribution in [1.29, 1.82) is 0 Å². The Morgan fingerprint density at radius 3 is 2.23 bits per heavy atom. The molecule has 0 unspecified atom stereocenters. The molecule has 0 N–H and O–H groups in total. The molecule has 3 rings (SSSR count). The number of rotatable bonds is 4. The van der Waals surface area contributed by atoms with Gasteiger partial charge in [0.1, 0.15) is 5.82 Å². The Kier molecular flexibility index (Phi) is 4.57. The molecule has 1 aromatic heterocycles. The Labute approximate surface area is 146 Å². The SMILES string of the molecule is O=S(=O)(c1ccc(Cn2cccn2)cc1)c1ccc(F)c(C(F)(F)F)c1. The quantitative estimate of drug-likeness (QED) is 0.506. The third kappa shape index (κ3) is 3.62. The van der Waals surface area contributed by atoms with Crippen LogP contribution in [-0.4, -0.2) is 18.2 Å². The van der Waals surface area contributed by atoms with E-state index in [2.05, 4.69) is 5.10 Å². The number of alkyl halides is 3. The van der Waals surface area contributed by atoms with E-state index in [1.165, 1.54) is 12.1 Å².